The Kier molecular flexibility index (Phi) is 12.4. The minimum Gasteiger partial charge on any atom is -0.445 e. The second-order valence-corrected chi connectivity index (χ2v) is 16.3. The number of alkyl carbamates (subject to hydrolysis) is 1. The number of hydrogen-bond acceptors (Lipinski definition) is 4. The standard InChI is InChI=1S/C38H46NO4Si/c1-38(2,3)44(34-24-13-7-14-25-34,35-26-15-8-16-27-35)43-36(32-21-11-6-12-22-32)29-33(41-4)23-17-18-28-39-37(40)42-30-31-19-9-5-10-20-31/h5-16,19-22,24-27,29,33,36H,17-18,23,28,30H2,1-4H3,(H,39,40)/t33-,36+/m0/s1. The van der Waals surface area contributed by atoms with E-state index >= 15 is 0 Å². The van der Waals surface area contributed by atoms with E-state index in [0.717, 1.165) is 30.4 Å². The molecule has 0 fully saturated rings. The van der Waals surface area contributed by atoms with Gasteiger partial charge in [0.25, 0.3) is 8.32 Å². The van der Waals surface area contributed by atoms with Crippen molar-refractivity contribution in [3.8, 4) is 0 Å². The first kappa shape index (κ1) is 33.2. The highest BCUT2D eigenvalue weighted by molar-refractivity contribution is 6.99. The zero-order chi connectivity index (χ0) is 31.3. The number of rotatable bonds is 15. The van der Waals surface area contributed by atoms with E-state index in [1.165, 1.54) is 10.4 Å². The Balaban J connectivity index is 1.46. The van der Waals surface area contributed by atoms with E-state index in [1.54, 1.807) is 7.11 Å². The maximum atomic E-state index is 12.1. The molecule has 0 spiro atoms. The van der Waals surface area contributed by atoms with Crippen LogP contribution in [-0.2, 0) is 20.5 Å². The molecular weight excluding hydrogens is 563 g/mol. The summed E-state index contributed by atoms with van der Waals surface area (Å²) in [6.45, 7) is 7.71. The molecule has 231 valence electrons. The molecule has 0 aliphatic heterocycles. The van der Waals surface area contributed by atoms with E-state index in [2.05, 4.69) is 117 Å². The predicted molar refractivity (Wildman–Crippen MR) is 181 cm³/mol. The molecule has 1 N–H and O–H groups in total. The molecule has 4 aromatic carbocycles. The number of hydrogen-bond donors (Lipinski definition) is 1. The minimum absolute atomic E-state index is 0.122. The van der Waals surface area contributed by atoms with Crippen LogP contribution in [-0.4, -0.2) is 34.2 Å². The molecule has 1 amide bonds. The average molecular weight is 609 g/mol. The molecule has 0 saturated heterocycles. The van der Waals surface area contributed by atoms with Crippen LogP contribution >= 0.6 is 0 Å². The molecule has 6 heteroatoms. The van der Waals surface area contributed by atoms with E-state index in [9.17, 15) is 4.79 Å². The second kappa shape index (κ2) is 16.4. The van der Waals surface area contributed by atoms with Crippen molar-refractivity contribution >= 4 is 24.8 Å². The molecule has 1 radical (unpaired) electrons. The van der Waals surface area contributed by atoms with E-state index in [1.807, 2.05) is 36.4 Å². The molecule has 2 atom stereocenters. The third kappa shape index (κ3) is 8.91. The van der Waals surface area contributed by atoms with Gasteiger partial charge in [-0.15, -0.1) is 0 Å². The molecule has 0 aliphatic carbocycles. The molecule has 0 aliphatic rings. The summed E-state index contributed by atoms with van der Waals surface area (Å²) in [4.78, 5) is 12.1. The van der Waals surface area contributed by atoms with E-state index in [4.69, 9.17) is 13.9 Å². The van der Waals surface area contributed by atoms with Gasteiger partial charge < -0.3 is 19.2 Å². The van der Waals surface area contributed by atoms with Crippen LogP contribution in [0.3, 0.4) is 0 Å². The first-order valence-corrected chi connectivity index (χ1v) is 17.4. The summed E-state index contributed by atoms with van der Waals surface area (Å²) < 4.78 is 18.9. The number of amides is 1. The van der Waals surface area contributed by atoms with Crippen molar-refractivity contribution in [2.75, 3.05) is 13.7 Å². The van der Waals surface area contributed by atoms with Gasteiger partial charge in [-0.1, -0.05) is 142 Å². The summed E-state index contributed by atoms with van der Waals surface area (Å²) >= 11 is 0. The molecule has 4 rings (SSSR count). The van der Waals surface area contributed by atoms with Crippen LogP contribution in [0.4, 0.5) is 4.79 Å². The lowest BCUT2D eigenvalue weighted by Gasteiger charge is -2.45. The van der Waals surface area contributed by atoms with Crippen LogP contribution in [0.5, 0.6) is 0 Å². The number of carbonyl (C=O) groups excluding carboxylic acids is 1. The SMILES string of the molecule is CO[C@H]([CH][C@@H](O[Si](c1ccccc1)(c1ccccc1)C(C)(C)C)c1ccccc1)CCCCNC(=O)OCc1ccccc1. The Hall–Kier alpha value is -3.71. The molecule has 0 unspecified atom stereocenters. The summed E-state index contributed by atoms with van der Waals surface area (Å²) in [5.41, 5.74) is 2.07. The van der Waals surface area contributed by atoms with Crippen LogP contribution < -0.4 is 15.7 Å². The Morgan fingerprint density at radius 3 is 1.82 bits per heavy atom. The maximum Gasteiger partial charge on any atom is 0.407 e. The molecule has 0 heterocycles. The fraction of sp³-hybridized carbons (Fsp3) is 0.316. The maximum absolute atomic E-state index is 12.1. The Bertz CT molecular complexity index is 1340. The summed E-state index contributed by atoms with van der Waals surface area (Å²) in [5.74, 6) is 0. The third-order valence-electron chi connectivity index (χ3n) is 7.94. The monoisotopic (exact) mass is 608 g/mol. The zero-order valence-electron chi connectivity index (χ0n) is 26.4. The predicted octanol–water partition coefficient (Wildman–Crippen LogP) is 7.62. The van der Waals surface area contributed by atoms with Gasteiger partial charge in [0, 0.05) is 20.1 Å². The highest BCUT2D eigenvalue weighted by Crippen LogP contribution is 2.41. The quantitative estimate of drug-likeness (QED) is 0.111. The number of nitrogens with one attached hydrogen (secondary N) is 1. The van der Waals surface area contributed by atoms with Gasteiger partial charge in [-0.2, -0.15) is 0 Å². The van der Waals surface area contributed by atoms with Gasteiger partial charge in [0.15, 0.2) is 0 Å². The summed E-state index contributed by atoms with van der Waals surface area (Å²) in [5, 5.41) is 5.20. The normalized spacial score (nSPS) is 13.2. The van der Waals surface area contributed by atoms with Gasteiger partial charge in [0.1, 0.15) is 6.61 Å². The summed E-state index contributed by atoms with van der Waals surface area (Å²) in [6.07, 6.45) is 3.93. The van der Waals surface area contributed by atoms with Gasteiger partial charge in [-0.3, -0.25) is 0 Å². The average Bonchev–Trinajstić information content (AvgIpc) is 3.05. The van der Waals surface area contributed by atoms with E-state index in [0.29, 0.717) is 6.54 Å². The van der Waals surface area contributed by atoms with Crippen molar-refractivity contribution in [1.29, 1.82) is 0 Å². The Labute approximate surface area is 264 Å². The lowest BCUT2D eigenvalue weighted by atomic mass is 10.0. The van der Waals surface area contributed by atoms with E-state index < -0.39 is 14.4 Å². The first-order chi connectivity index (χ1) is 21.3. The van der Waals surface area contributed by atoms with Gasteiger partial charge in [0.2, 0.25) is 0 Å². The van der Waals surface area contributed by atoms with Crippen LogP contribution in [0.1, 0.15) is 57.3 Å². The molecule has 0 aromatic heterocycles. The van der Waals surface area contributed by atoms with Crippen molar-refractivity contribution in [3.05, 3.63) is 139 Å². The van der Waals surface area contributed by atoms with Gasteiger partial charge in [-0.25, -0.2) is 4.79 Å². The highest BCUT2D eigenvalue weighted by Gasteiger charge is 2.51. The second-order valence-electron chi connectivity index (χ2n) is 12.1. The third-order valence-corrected chi connectivity index (χ3v) is 13.0. The molecule has 0 bridgehead atoms. The highest BCUT2D eigenvalue weighted by atomic mass is 28.4. The van der Waals surface area contributed by atoms with E-state index in [-0.39, 0.29) is 23.9 Å². The smallest absolute Gasteiger partial charge is 0.407 e. The largest absolute Gasteiger partial charge is 0.445 e. The Morgan fingerprint density at radius 2 is 1.30 bits per heavy atom. The lowest BCUT2D eigenvalue weighted by Crippen LogP contribution is -2.67. The first-order valence-electron chi connectivity index (χ1n) is 15.5. The number of unbranched alkanes of at least 4 members (excludes halogenated alkanes) is 1. The molecule has 5 nitrogen and oxygen atoms in total. The molecular formula is C38H46NO4Si. The van der Waals surface area contributed by atoms with Crippen molar-refractivity contribution < 1.29 is 18.7 Å². The van der Waals surface area contributed by atoms with Crippen molar-refractivity contribution in [1.82, 2.24) is 5.32 Å². The lowest BCUT2D eigenvalue weighted by molar-refractivity contribution is 0.0891. The van der Waals surface area contributed by atoms with Gasteiger partial charge in [-0.05, 0) is 45.8 Å². The molecule has 44 heavy (non-hydrogen) atoms. The number of benzene rings is 4. The van der Waals surface area contributed by atoms with Crippen molar-refractivity contribution in [2.45, 2.75) is 63.9 Å². The molecule has 4 aromatic rings. The van der Waals surface area contributed by atoms with Crippen molar-refractivity contribution in [3.63, 3.8) is 0 Å². The van der Waals surface area contributed by atoms with Crippen LogP contribution in [0.15, 0.2) is 121 Å². The van der Waals surface area contributed by atoms with Crippen molar-refractivity contribution in [2.24, 2.45) is 0 Å². The van der Waals surface area contributed by atoms with Crippen LogP contribution in [0.2, 0.25) is 5.04 Å². The zero-order valence-corrected chi connectivity index (χ0v) is 27.4. The van der Waals surface area contributed by atoms with Gasteiger partial charge >= 0.3 is 6.09 Å². The van der Waals surface area contributed by atoms with Crippen LogP contribution in [0, 0.1) is 6.42 Å². The minimum atomic E-state index is -2.81. The molecule has 0 saturated carbocycles. The fourth-order valence-corrected chi connectivity index (χ4v) is 10.3. The summed E-state index contributed by atoms with van der Waals surface area (Å²) in [6, 6.07) is 41.6. The van der Waals surface area contributed by atoms with Gasteiger partial charge in [0.05, 0.1) is 12.2 Å². The summed E-state index contributed by atoms with van der Waals surface area (Å²) in [7, 11) is -1.06. The number of ether oxygens (including phenoxy) is 2. The fourth-order valence-electron chi connectivity index (χ4n) is 5.67. The number of carbonyl (C=O) groups is 1. The number of methoxy groups -OCH3 is 1. The topological polar surface area (TPSA) is 56.8 Å². The van der Waals surface area contributed by atoms with Crippen LogP contribution in [0.25, 0.3) is 0 Å². The Morgan fingerprint density at radius 1 is 0.773 bits per heavy atom.